The van der Waals surface area contributed by atoms with E-state index in [1.165, 1.54) is 23.1 Å². The number of benzene rings is 1. The van der Waals surface area contributed by atoms with Crippen LogP contribution in [0.15, 0.2) is 46.5 Å². The average molecular weight is 380 g/mol. The van der Waals surface area contributed by atoms with Gasteiger partial charge in [0.2, 0.25) is 0 Å². The molecule has 2 heterocycles. The largest absolute Gasteiger partial charge is 0.457 e. The van der Waals surface area contributed by atoms with E-state index in [0.29, 0.717) is 28.7 Å². The first kappa shape index (κ1) is 18.2. The lowest BCUT2D eigenvalue weighted by Crippen LogP contribution is -2.30. The Labute approximate surface area is 153 Å². The number of amides is 1. The molecule has 0 radical (unpaired) electrons. The van der Waals surface area contributed by atoms with E-state index < -0.39 is 11.7 Å². The molecule has 0 saturated carbocycles. The van der Waals surface area contributed by atoms with E-state index in [2.05, 4.69) is 0 Å². The average Bonchev–Trinajstić information content (AvgIpc) is 3.14. The second-order valence-corrected chi connectivity index (χ2v) is 6.07. The number of rotatable bonds is 3. The maximum absolute atomic E-state index is 12.9. The fourth-order valence-corrected chi connectivity index (χ4v) is 2.97. The summed E-state index contributed by atoms with van der Waals surface area (Å²) in [4.78, 5) is 15.4. The molecule has 26 heavy (non-hydrogen) atoms. The van der Waals surface area contributed by atoms with E-state index in [9.17, 15) is 18.0 Å². The molecule has 4 nitrogen and oxygen atoms in total. The topological polar surface area (TPSA) is 36.7 Å². The van der Waals surface area contributed by atoms with Gasteiger partial charge >= 0.3 is 6.18 Å². The van der Waals surface area contributed by atoms with E-state index in [1.807, 2.05) is 6.92 Å². The molecule has 8 heteroatoms. The number of hydrogen-bond acceptors (Lipinski definition) is 3. The number of alkyl halides is 3. The first-order valence-electron chi connectivity index (χ1n) is 7.81. The fraction of sp³-hybridized carbons (Fsp3) is 0.222. The summed E-state index contributed by atoms with van der Waals surface area (Å²) in [6.45, 7) is 2.27. The summed E-state index contributed by atoms with van der Waals surface area (Å²) in [7, 11) is 1.68. The summed E-state index contributed by atoms with van der Waals surface area (Å²) in [6, 6.07) is 8.05. The number of halogens is 3. The van der Waals surface area contributed by atoms with Crippen LogP contribution < -0.4 is 0 Å². The van der Waals surface area contributed by atoms with Gasteiger partial charge in [0.15, 0.2) is 5.11 Å². The van der Waals surface area contributed by atoms with Crippen molar-refractivity contribution in [1.29, 1.82) is 0 Å². The van der Waals surface area contributed by atoms with Gasteiger partial charge in [-0.2, -0.15) is 13.2 Å². The quantitative estimate of drug-likeness (QED) is 0.585. The molecule has 1 aromatic heterocycles. The fourth-order valence-electron chi connectivity index (χ4n) is 2.66. The van der Waals surface area contributed by atoms with Gasteiger partial charge in [0.05, 0.1) is 5.56 Å². The van der Waals surface area contributed by atoms with Crippen LogP contribution in [-0.4, -0.2) is 34.4 Å². The van der Waals surface area contributed by atoms with E-state index in [-0.39, 0.29) is 11.7 Å². The summed E-state index contributed by atoms with van der Waals surface area (Å²) in [5, 5.41) is 0.397. The van der Waals surface area contributed by atoms with Crippen molar-refractivity contribution in [2.45, 2.75) is 13.1 Å². The first-order valence-corrected chi connectivity index (χ1v) is 8.22. The highest BCUT2D eigenvalue weighted by Crippen LogP contribution is 2.33. The number of carbonyl (C=O) groups is 1. The lowest BCUT2D eigenvalue weighted by Gasteiger charge is -2.13. The molecule has 136 valence electrons. The highest BCUT2D eigenvalue weighted by atomic mass is 32.1. The molecule has 1 aromatic carbocycles. The zero-order chi connectivity index (χ0) is 19.1. The predicted octanol–water partition coefficient (Wildman–Crippen LogP) is 4.39. The van der Waals surface area contributed by atoms with Crippen LogP contribution in [-0.2, 0) is 11.0 Å². The molecule has 0 unspecified atom stereocenters. The number of furan rings is 1. The van der Waals surface area contributed by atoms with Crippen molar-refractivity contribution < 1.29 is 22.4 Å². The molecule has 1 aliphatic heterocycles. The molecule has 1 amide bonds. The molecule has 0 aliphatic carbocycles. The van der Waals surface area contributed by atoms with Gasteiger partial charge in [-0.15, -0.1) is 0 Å². The Bertz CT molecular complexity index is 902. The van der Waals surface area contributed by atoms with Crippen molar-refractivity contribution >= 4 is 29.3 Å². The molecular formula is C18H15F3N2O2S. The predicted molar refractivity (Wildman–Crippen MR) is 94.9 cm³/mol. The van der Waals surface area contributed by atoms with Crippen LogP contribution in [0.2, 0.25) is 0 Å². The van der Waals surface area contributed by atoms with Crippen LogP contribution in [0, 0.1) is 0 Å². The summed E-state index contributed by atoms with van der Waals surface area (Å²) in [6.07, 6.45) is -2.90. The molecule has 0 N–H and O–H groups in total. The summed E-state index contributed by atoms with van der Waals surface area (Å²) >= 11 is 5.22. The van der Waals surface area contributed by atoms with E-state index in [0.717, 1.165) is 12.1 Å². The second kappa shape index (κ2) is 6.60. The smallest absolute Gasteiger partial charge is 0.416 e. The van der Waals surface area contributed by atoms with Crippen LogP contribution in [0.3, 0.4) is 0 Å². The normalized spacial score (nSPS) is 16.9. The second-order valence-electron chi connectivity index (χ2n) is 5.70. The lowest BCUT2D eigenvalue weighted by atomic mass is 10.1. The number of hydrogen-bond donors (Lipinski definition) is 0. The Kier molecular flexibility index (Phi) is 4.62. The van der Waals surface area contributed by atoms with Gasteiger partial charge in [-0.3, -0.25) is 9.69 Å². The maximum Gasteiger partial charge on any atom is 0.416 e. The number of likely N-dealkylation sites (N-methyl/N-ethyl adjacent to an activating group) is 2. The Morgan fingerprint density at radius 3 is 2.58 bits per heavy atom. The van der Waals surface area contributed by atoms with Crippen LogP contribution in [0.1, 0.15) is 18.2 Å². The van der Waals surface area contributed by atoms with E-state index in [1.54, 1.807) is 24.1 Å². The highest BCUT2D eigenvalue weighted by Gasteiger charge is 2.34. The highest BCUT2D eigenvalue weighted by molar-refractivity contribution is 7.80. The van der Waals surface area contributed by atoms with Crippen molar-refractivity contribution in [3.63, 3.8) is 0 Å². The molecule has 1 aliphatic rings. The SMILES string of the molecule is CCN1C(=O)/C(=C/c2ccc(-c3cccc(C(F)(F)F)c3)o2)N(C)C1=S. The minimum Gasteiger partial charge on any atom is -0.457 e. The minimum atomic E-state index is -4.42. The van der Waals surface area contributed by atoms with Crippen molar-refractivity contribution in [1.82, 2.24) is 9.80 Å². The van der Waals surface area contributed by atoms with Gasteiger partial charge < -0.3 is 9.32 Å². The zero-order valence-corrected chi connectivity index (χ0v) is 14.8. The monoisotopic (exact) mass is 380 g/mol. The van der Waals surface area contributed by atoms with Gasteiger partial charge in [0, 0.05) is 25.2 Å². The maximum atomic E-state index is 12.9. The Balaban J connectivity index is 1.92. The van der Waals surface area contributed by atoms with Crippen LogP contribution in [0.25, 0.3) is 17.4 Å². The van der Waals surface area contributed by atoms with Gasteiger partial charge in [-0.05, 0) is 43.4 Å². The summed E-state index contributed by atoms with van der Waals surface area (Å²) < 4.78 is 44.2. The molecule has 2 aromatic rings. The molecular weight excluding hydrogens is 365 g/mol. The number of thiocarbonyl (C=S) groups is 1. The van der Waals surface area contributed by atoms with Gasteiger partial charge in [-0.25, -0.2) is 0 Å². The van der Waals surface area contributed by atoms with Gasteiger partial charge in [0.1, 0.15) is 17.2 Å². The third-order valence-electron chi connectivity index (χ3n) is 4.04. The first-order chi connectivity index (χ1) is 12.2. The zero-order valence-electron chi connectivity index (χ0n) is 14.0. The summed E-state index contributed by atoms with van der Waals surface area (Å²) in [5.41, 5.74) is -0.0935. The van der Waals surface area contributed by atoms with Crippen molar-refractivity contribution in [2.75, 3.05) is 13.6 Å². The Morgan fingerprint density at radius 2 is 1.96 bits per heavy atom. The van der Waals surface area contributed by atoms with Crippen LogP contribution in [0.4, 0.5) is 13.2 Å². The Hall–Kier alpha value is -2.61. The third-order valence-corrected chi connectivity index (χ3v) is 4.53. The Morgan fingerprint density at radius 1 is 1.23 bits per heavy atom. The standard InChI is InChI=1S/C18H15F3N2O2S/c1-3-23-16(24)14(22(2)17(23)26)10-13-7-8-15(25-13)11-5-4-6-12(9-11)18(19,20)21/h4-10H,3H2,1-2H3/b14-10-. The third kappa shape index (κ3) is 3.24. The van der Waals surface area contributed by atoms with Gasteiger partial charge in [-0.1, -0.05) is 12.1 Å². The summed E-state index contributed by atoms with van der Waals surface area (Å²) in [5.74, 6) is 0.399. The van der Waals surface area contributed by atoms with Crippen LogP contribution >= 0.6 is 12.2 Å². The van der Waals surface area contributed by atoms with Crippen molar-refractivity contribution in [3.8, 4) is 11.3 Å². The van der Waals surface area contributed by atoms with E-state index in [4.69, 9.17) is 16.6 Å². The molecule has 1 saturated heterocycles. The molecule has 1 fully saturated rings. The molecule has 0 atom stereocenters. The van der Waals surface area contributed by atoms with Crippen molar-refractivity contribution in [2.24, 2.45) is 0 Å². The minimum absolute atomic E-state index is 0.239. The lowest BCUT2D eigenvalue weighted by molar-refractivity contribution is -0.137. The van der Waals surface area contributed by atoms with Crippen LogP contribution in [0.5, 0.6) is 0 Å². The molecule has 3 rings (SSSR count). The van der Waals surface area contributed by atoms with Gasteiger partial charge in [0.25, 0.3) is 5.91 Å². The number of carbonyl (C=O) groups excluding carboxylic acids is 1. The molecule has 0 bridgehead atoms. The number of nitrogens with zero attached hydrogens (tertiary/aromatic N) is 2. The van der Waals surface area contributed by atoms with Crippen molar-refractivity contribution in [3.05, 3.63) is 53.4 Å². The van der Waals surface area contributed by atoms with E-state index >= 15 is 0 Å². The molecule has 0 spiro atoms.